The fourth-order valence-electron chi connectivity index (χ4n) is 0.732. The number of nitrogens with two attached hydrogens (primary N) is 1. The van der Waals surface area contributed by atoms with E-state index in [1.54, 1.807) is 0 Å². The van der Waals surface area contributed by atoms with Crippen LogP contribution in [0.2, 0.25) is 0 Å². The molecule has 0 aliphatic carbocycles. The Morgan fingerprint density at radius 2 is 2.17 bits per heavy atom. The zero-order chi connectivity index (χ0) is 9.40. The van der Waals surface area contributed by atoms with Gasteiger partial charge in [0.2, 0.25) is 0 Å². The third-order valence-electron chi connectivity index (χ3n) is 1.58. The smallest absolute Gasteiger partial charge is 0.316 e. The number of nitrogens with zero attached hydrogens (tertiary/aromatic N) is 1. The van der Waals surface area contributed by atoms with Crippen molar-refractivity contribution in [3.8, 4) is 0 Å². The van der Waals surface area contributed by atoms with Crippen LogP contribution >= 0.6 is 0 Å². The third-order valence-corrected chi connectivity index (χ3v) is 1.58. The van der Waals surface area contributed by atoms with Crippen molar-refractivity contribution >= 4 is 6.03 Å². The van der Waals surface area contributed by atoms with Crippen molar-refractivity contribution in [2.24, 2.45) is 5.73 Å². The minimum absolute atomic E-state index is 0.311. The van der Waals surface area contributed by atoms with Crippen molar-refractivity contribution in [3.05, 3.63) is 0 Å². The maximum Gasteiger partial charge on any atom is 0.316 e. The number of carbonyl (C=O) groups excluding carboxylic acids is 1. The topological polar surface area (TPSA) is 55.6 Å². The van der Waals surface area contributed by atoms with Gasteiger partial charge in [-0.05, 0) is 13.3 Å². The van der Waals surface area contributed by atoms with Gasteiger partial charge in [-0.1, -0.05) is 13.3 Å². The molecule has 0 aromatic rings. The predicted molar refractivity (Wildman–Crippen MR) is 47.7 cm³/mol. The van der Waals surface area contributed by atoms with Gasteiger partial charge >= 0.3 is 6.03 Å². The monoisotopic (exact) mass is 174 g/mol. The Morgan fingerprint density at radius 3 is 2.58 bits per heavy atom. The molecule has 4 heteroatoms. The molecule has 0 aliphatic heterocycles. The van der Waals surface area contributed by atoms with E-state index in [1.807, 2.05) is 6.92 Å². The van der Waals surface area contributed by atoms with Crippen molar-refractivity contribution in [2.45, 2.75) is 26.7 Å². The second-order valence-electron chi connectivity index (χ2n) is 2.59. The van der Waals surface area contributed by atoms with Gasteiger partial charge in [0.1, 0.15) is 6.73 Å². The number of hydrogen-bond donors (Lipinski definition) is 1. The molecule has 2 N–H and O–H groups in total. The molecule has 0 rings (SSSR count). The molecule has 72 valence electrons. The second-order valence-corrected chi connectivity index (χ2v) is 2.59. The lowest BCUT2D eigenvalue weighted by Gasteiger charge is -2.17. The average molecular weight is 174 g/mol. The van der Waals surface area contributed by atoms with Crippen LogP contribution in [0.15, 0.2) is 0 Å². The van der Waals surface area contributed by atoms with Crippen molar-refractivity contribution < 1.29 is 9.53 Å². The average Bonchev–Trinajstić information content (AvgIpc) is 2.04. The van der Waals surface area contributed by atoms with E-state index < -0.39 is 6.03 Å². The lowest BCUT2D eigenvalue weighted by molar-refractivity contribution is 0.0509. The first kappa shape index (κ1) is 11.2. The van der Waals surface area contributed by atoms with Crippen LogP contribution in [0, 0.1) is 0 Å². The molecule has 4 nitrogen and oxygen atoms in total. The number of unbranched alkanes of at least 4 members (excludes halogenated alkanes) is 1. The van der Waals surface area contributed by atoms with E-state index in [1.165, 1.54) is 4.90 Å². The highest BCUT2D eigenvalue weighted by atomic mass is 16.5. The van der Waals surface area contributed by atoms with E-state index in [0.717, 1.165) is 12.8 Å². The molecule has 0 bridgehead atoms. The van der Waals surface area contributed by atoms with Gasteiger partial charge in [-0.15, -0.1) is 0 Å². The maximum atomic E-state index is 10.7. The Bertz CT molecular complexity index is 128. The van der Waals surface area contributed by atoms with Gasteiger partial charge in [-0.25, -0.2) is 4.79 Å². The Morgan fingerprint density at radius 1 is 1.50 bits per heavy atom. The first-order valence-electron chi connectivity index (χ1n) is 4.34. The fraction of sp³-hybridized carbons (Fsp3) is 0.875. The Hall–Kier alpha value is -0.770. The standard InChI is InChI=1S/C8H18N2O2/c1-3-5-6-12-7-10(4-2)8(9)11/h3-7H2,1-2H3,(H2,9,11). The summed E-state index contributed by atoms with van der Waals surface area (Å²) in [6.45, 7) is 5.57. The fourth-order valence-corrected chi connectivity index (χ4v) is 0.732. The minimum Gasteiger partial charge on any atom is -0.361 e. The molecule has 0 atom stereocenters. The second kappa shape index (κ2) is 6.91. The molecule has 0 unspecified atom stereocenters. The molecule has 0 radical (unpaired) electrons. The molecule has 0 saturated heterocycles. The summed E-state index contributed by atoms with van der Waals surface area (Å²) in [5.74, 6) is 0. The van der Waals surface area contributed by atoms with Crippen LogP contribution in [-0.2, 0) is 4.74 Å². The number of primary amides is 1. The largest absolute Gasteiger partial charge is 0.361 e. The summed E-state index contributed by atoms with van der Waals surface area (Å²) in [7, 11) is 0. The maximum absolute atomic E-state index is 10.7. The molecular formula is C8H18N2O2. The Kier molecular flexibility index (Phi) is 6.47. The zero-order valence-corrected chi connectivity index (χ0v) is 7.88. The quantitative estimate of drug-likeness (QED) is 0.485. The molecular weight excluding hydrogens is 156 g/mol. The van der Waals surface area contributed by atoms with E-state index in [9.17, 15) is 4.79 Å². The summed E-state index contributed by atoms with van der Waals surface area (Å²) < 4.78 is 5.21. The summed E-state index contributed by atoms with van der Waals surface area (Å²) in [6.07, 6.45) is 2.12. The Labute approximate surface area is 73.7 Å². The summed E-state index contributed by atoms with van der Waals surface area (Å²) in [5.41, 5.74) is 5.07. The number of ether oxygens (including phenoxy) is 1. The van der Waals surface area contributed by atoms with Gasteiger partial charge in [0.15, 0.2) is 0 Å². The summed E-state index contributed by atoms with van der Waals surface area (Å²) >= 11 is 0. The molecule has 0 aromatic carbocycles. The number of hydrogen-bond acceptors (Lipinski definition) is 2. The van der Waals surface area contributed by atoms with Crippen LogP contribution in [0.25, 0.3) is 0 Å². The molecule has 2 amide bonds. The summed E-state index contributed by atoms with van der Waals surface area (Å²) in [4.78, 5) is 12.1. The van der Waals surface area contributed by atoms with Crippen LogP contribution in [0.5, 0.6) is 0 Å². The van der Waals surface area contributed by atoms with Gasteiger partial charge in [0.05, 0.1) is 0 Å². The minimum atomic E-state index is -0.422. The van der Waals surface area contributed by atoms with Crippen LogP contribution < -0.4 is 5.73 Å². The number of rotatable bonds is 6. The van der Waals surface area contributed by atoms with E-state index in [2.05, 4.69) is 6.92 Å². The molecule has 0 heterocycles. The highest BCUT2D eigenvalue weighted by Gasteiger charge is 2.04. The van der Waals surface area contributed by atoms with Gasteiger partial charge in [-0.2, -0.15) is 0 Å². The van der Waals surface area contributed by atoms with Crippen LogP contribution in [0.1, 0.15) is 26.7 Å². The molecule has 12 heavy (non-hydrogen) atoms. The third kappa shape index (κ3) is 4.96. The van der Waals surface area contributed by atoms with Crippen molar-refractivity contribution in [1.29, 1.82) is 0 Å². The first-order chi connectivity index (χ1) is 5.72. The number of carbonyl (C=O) groups is 1. The normalized spacial score (nSPS) is 9.83. The van der Waals surface area contributed by atoms with E-state index in [4.69, 9.17) is 10.5 Å². The molecule has 0 saturated carbocycles. The summed E-state index contributed by atoms with van der Waals surface area (Å²) in [5, 5.41) is 0. The predicted octanol–water partition coefficient (Wildman–Crippen LogP) is 1.16. The highest BCUT2D eigenvalue weighted by Crippen LogP contribution is 1.91. The first-order valence-corrected chi connectivity index (χ1v) is 4.34. The van der Waals surface area contributed by atoms with Crippen LogP contribution in [0.3, 0.4) is 0 Å². The zero-order valence-electron chi connectivity index (χ0n) is 7.88. The van der Waals surface area contributed by atoms with E-state index >= 15 is 0 Å². The van der Waals surface area contributed by atoms with Crippen LogP contribution in [-0.4, -0.2) is 30.8 Å². The van der Waals surface area contributed by atoms with E-state index in [-0.39, 0.29) is 0 Å². The lowest BCUT2D eigenvalue weighted by Crippen LogP contribution is -2.37. The van der Waals surface area contributed by atoms with Crippen molar-refractivity contribution in [1.82, 2.24) is 4.90 Å². The van der Waals surface area contributed by atoms with Gasteiger partial charge in [0.25, 0.3) is 0 Å². The Balaban J connectivity index is 3.38. The van der Waals surface area contributed by atoms with Gasteiger partial charge < -0.3 is 15.4 Å². The number of urea groups is 1. The SMILES string of the molecule is CCCCOCN(CC)C(N)=O. The van der Waals surface area contributed by atoms with E-state index in [0.29, 0.717) is 19.9 Å². The molecule has 0 fully saturated rings. The molecule has 0 aromatic heterocycles. The summed E-state index contributed by atoms with van der Waals surface area (Å²) in [6, 6.07) is -0.422. The highest BCUT2D eigenvalue weighted by molar-refractivity contribution is 5.71. The van der Waals surface area contributed by atoms with Crippen LogP contribution in [0.4, 0.5) is 4.79 Å². The van der Waals surface area contributed by atoms with Gasteiger partial charge in [0, 0.05) is 13.2 Å². The lowest BCUT2D eigenvalue weighted by atomic mass is 10.4. The number of amides is 2. The van der Waals surface area contributed by atoms with Crippen molar-refractivity contribution in [3.63, 3.8) is 0 Å². The molecule has 0 aliphatic rings. The van der Waals surface area contributed by atoms with Gasteiger partial charge in [-0.3, -0.25) is 0 Å². The molecule has 0 spiro atoms. The van der Waals surface area contributed by atoms with Crippen molar-refractivity contribution in [2.75, 3.05) is 19.9 Å².